The van der Waals surface area contributed by atoms with E-state index in [2.05, 4.69) is 18.9 Å². The summed E-state index contributed by atoms with van der Waals surface area (Å²) in [7, 11) is 0. The van der Waals surface area contributed by atoms with Gasteiger partial charge in [0.2, 0.25) is 0 Å². The predicted molar refractivity (Wildman–Crippen MR) is 69.0 cm³/mol. The Bertz CT molecular complexity index is 367. The zero-order chi connectivity index (χ0) is 12.8. The molecule has 0 saturated heterocycles. The molecule has 2 atom stereocenters. The lowest BCUT2D eigenvalue weighted by Gasteiger charge is -2.08. The van der Waals surface area contributed by atoms with Crippen LogP contribution in [0, 0.1) is 0 Å². The number of hydrogen-bond donors (Lipinski definition) is 2. The monoisotopic (exact) mass is 257 g/mol. The molecule has 0 bridgehead atoms. The van der Waals surface area contributed by atoms with E-state index in [1.165, 1.54) is 11.8 Å². The van der Waals surface area contributed by atoms with Crippen molar-refractivity contribution in [2.45, 2.75) is 38.1 Å². The number of aliphatic carboxylic acids is 1. The maximum absolute atomic E-state index is 10.5. The van der Waals surface area contributed by atoms with Gasteiger partial charge in [-0.15, -0.1) is 0 Å². The van der Waals surface area contributed by atoms with Gasteiger partial charge in [0.05, 0.1) is 5.69 Å². The molecule has 0 aromatic carbocycles. The van der Waals surface area contributed by atoms with Crippen LogP contribution in [0.2, 0.25) is 0 Å². The van der Waals surface area contributed by atoms with Crippen molar-refractivity contribution in [2.24, 2.45) is 5.73 Å². The summed E-state index contributed by atoms with van der Waals surface area (Å²) in [6.07, 6.45) is 3.00. The van der Waals surface area contributed by atoms with Crippen LogP contribution in [-0.2, 0) is 10.5 Å². The number of hydrogen-bond acceptors (Lipinski definition) is 4. The van der Waals surface area contributed by atoms with E-state index in [-0.39, 0.29) is 0 Å². The summed E-state index contributed by atoms with van der Waals surface area (Å²) >= 11 is 1.49. The molecule has 5 nitrogen and oxygen atoms in total. The first-order valence-electron chi connectivity index (χ1n) is 5.64. The third-order valence-electron chi connectivity index (χ3n) is 2.57. The molecule has 3 N–H and O–H groups in total. The van der Waals surface area contributed by atoms with E-state index < -0.39 is 12.0 Å². The lowest BCUT2D eigenvalue weighted by Crippen LogP contribution is -2.32. The van der Waals surface area contributed by atoms with Crippen molar-refractivity contribution in [1.82, 2.24) is 9.78 Å². The third-order valence-corrected chi connectivity index (χ3v) is 3.67. The summed E-state index contributed by atoms with van der Waals surface area (Å²) < 4.78 is 1.94. The molecule has 0 spiro atoms. The van der Waals surface area contributed by atoms with Crippen LogP contribution in [-0.4, -0.2) is 32.7 Å². The van der Waals surface area contributed by atoms with Crippen molar-refractivity contribution in [3.63, 3.8) is 0 Å². The molecular weight excluding hydrogens is 238 g/mol. The number of carbonyl (C=O) groups is 1. The number of nitrogens with zero attached hydrogens (tertiary/aromatic N) is 2. The van der Waals surface area contributed by atoms with Crippen LogP contribution in [0.25, 0.3) is 0 Å². The maximum atomic E-state index is 10.5. The number of carboxylic acids is 1. The first-order chi connectivity index (χ1) is 8.04. The molecule has 6 heteroatoms. The van der Waals surface area contributed by atoms with E-state index in [1.807, 2.05) is 16.9 Å². The fraction of sp³-hybridized carbons (Fsp3) is 0.636. The summed E-state index contributed by atoms with van der Waals surface area (Å²) in [6, 6.07) is 1.57. The summed E-state index contributed by atoms with van der Waals surface area (Å²) in [5.74, 6) is 0.151. The maximum Gasteiger partial charge on any atom is 0.321 e. The summed E-state index contributed by atoms with van der Waals surface area (Å²) in [5.41, 5.74) is 6.38. The Morgan fingerprint density at radius 2 is 2.41 bits per heavy atom. The highest BCUT2D eigenvalue weighted by atomic mass is 32.2. The van der Waals surface area contributed by atoms with Gasteiger partial charge in [0, 0.05) is 23.7 Å². The topological polar surface area (TPSA) is 81.1 Å². The minimum atomic E-state index is -0.956. The minimum Gasteiger partial charge on any atom is -0.480 e. The SMILES string of the molecule is CCC(C)n1ccc(CSC[C@@H](N)C(=O)O)n1. The molecule has 1 aromatic rings. The molecule has 0 aliphatic heterocycles. The van der Waals surface area contributed by atoms with Gasteiger partial charge in [-0.05, 0) is 19.4 Å². The second-order valence-electron chi connectivity index (χ2n) is 4.00. The smallest absolute Gasteiger partial charge is 0.321 e. The summed E-state index contributed by atoms with van der Waals surface area (Å²) in [6.45, 7) is 4.23. The molecule has 0 aliphatic carbocycles. The van der Waals surface area contributed by atoms with Crippen molar-refractivity contribution < 1.29 is 9.90 Å². The zero-order valence-electron chi connectivity index (χ0n) is 10.2. The summed E-state index contributed by atoms with van der Waals surface area (Å²) in [4.78, 5) is 10.5. The molecule has 0 saturated carbocycles. The van der Waals surface area contributed by atoms with Gasteiger partial charge in [-0.1, -0.05) is 6.92 Å². The predicted octanol–water partition coefficient (Wildman–Crippen LogP) is 1.50. The zero-order valence-corrected chi connectivity index (χ0v) is 11.0. The lowest BCUT2D eigenvalue weighted by atomic mass is 10.3. The second-order valence-corrected chi connectivity index (χ2v) is 5.03. The standard InChI is InChI=1S/C11H19N3O2S/c1-3-8(2)14-5-4-9(13-14)6-17-7-10(12)11(15)16/h4-5,8,10H,3,6-7,12H2,1-2H3,(H,15,16)/t8?,10-/m1/s1. The van der Waals surface area contributed by atoms with E-state index in [1.54, 1.807) is 0 Å². The quantitative estimate of drug-likeness (QED) is 0.773. The number of aromatic nitrogens is 2. The average molecular weight is 257 g/mol. The van der Waals surface area contributed by atoms with E-state index in [0.29, 0.717) is 17.5 Å². The third kappa shape index (κ3) is 4.40. The van der Waals surface area contributed by atoms with Gasteiger partial charge in [-0.25, -0.2) is 0 Å². The van der Waals surface area contributed by atoms with Crippen LogP contribution in [0.15, 0.2) is 12.3 Å². The Kier molecular flexibility index (Phi) is 5.50. The normalized spacial score (nSPS) is 14.5. The van der Waals surface area contributed by atoms with Gasteiger partial charge in [0.25, 0.3) is 0 Å². The molecule has 1 aromatic heterocycles. The number of nitrogens with two attached hydrogens (primary N) is 1. The molecule has 1 heterocycles. The number of thioether (sulfide) groups is 1. The van der Waals surface area contributed by atoms with Crippen LogP contribution in [0.1, 0.15) is 32.0 Å². The van der Waals surface area contributed by atoms with Crippen LogP contribution >= 0.6 is 11.8 Å². The van der Waals surface area contributed by atoms with Crippen LogP contribution in [0.5, 0.6) is 0 Å². The van der Waals surface area contributed by atoms with E-state index in [9.17, 15) is 4.79 Å². The van der Waals surface area contributed by atoms with E-state index in [0.717, 1.165) is 12.1 Å². The first-order valence-corrected chi connectivity index (χ1v) is 6.80. The van der Waals surface area contributed by atoms with Crippen molar-refractivity contribution in [3.8, 4) is 0 Å². The largest absolute Gasteiger partial charge is 0.480 e. The molecule has 0 radical (unpaired) electrons. The molecule has 96 valence electrons. The van der Waals surface area contributed by atoms with Crippen molar-refractivity contribution in [2.75, 3.05) is 5.75 Å². The Hall–Kier alpha value is -1.01. The van der Waals surface area contributed by atoms with Gasteiger partial charge in [-0.3, -0.25) is 9.48 Å². The average Bonchev–Trinajstić information content (AvgIpc) is 2.76. The number of rotatable bonds is 7. The minimum absolute atomic E-state index is 0.398. The molecule has 0 aliphatic rings. The van der Waals surface area contributed by atoms with Crippen LogP contribution < -0.4 is 5.73 Å². The Morgan fingerprint density at radius 3 is 3.00 bits per heavy atom. The molecule has 1 rings (SSSR count). The fourth-order valence-electron chi connectivity index (χ4n) is 1.25. The fourth-order valence-corrected chi connectivity index (χ4v) is 2.13. The highest BCUT2D eigenvalue weighted by molar-refractivity contribution is 7.98. The van der Waals surface area contributed by atoms with Crippen LogP contribution in [0.4, 0.5) is 0 Å². The Labute approximate surface area is 105 Å². The van der Waals surface area contributed by atoms with Gasteiger partial charge in [0.1, 0.15) is 6.04 Å². The molecule has 0 amide bonds. The molecular formula is C11H19N3O2S. The van der Waals surface area contributed by atoms with E-state index >= 15 is 0 Å². The van der Waals surface area contributed by atoms with Crippen molar-refractivity contribution in [3.05, 3.63) is 18.0 Å². The van der Waals surface area contributed by atoms with Gasteiger partial charge in [-0.2, -0.15) is 16.9 Å². The Morgan fingerprint density at radius 1 is 1.71 bits per heavy atom. The molecule has 17 heavy (non-hydrogen) atoms. The van der Waals surface area contributed by atoms with Gasteiger partial charge >= 0.3 is 5.97 Å². The summed E-state index contributed by atoms with van der Waals surface area (Å²) in [5, 5.41) is 13.1. The second kappa shape index (κ2) is 6.66. The van der Waals surface area contributed by atoms with Crippen LogP contribution in [0.3, 0.4) is 0 Å². The highest BCUT2D eigenvalue weighted by Gasteiger charge is 2.11. The lowest BCUT2D eigenvalue weighted by molar-refractivity contribution is -0.137. The Balaban J connectivity index is 2.37. The van der Waals surface area contributed by atoms with Crippen molar-refractivity contribution >= 4 is 17.7 Å². The molecule has 1 unspecified atom stereocenters. The van der Waals surface area contributed by atoms with Gasteiger partial charge < -0.3 is 10.8 Å². The van der Waals surface area contributed by atoms with E-state index in [4.69, 9.17) is 10.8 Å². The van der Waals surface area contributed by atoms with Crippen molar-refractivity contribution in [1.29, 1.82) is 0 Å². The molecule has 0 fully saturated rings. The number of carboxylic acid groups (broad SMARTS) is 1. The first kappa shape index (κ1) is 14.1. The van der Waals surface area contributed by atoms with Gasteiger partial charge in [0.15, 0.2) is 0 Å². The highest BCUT2D eigenvalue weighted by Crippen LogP contribution is 2.14.